The zero-order valence-corrected chi connectivity index (χ0v) is 14.1. The van der Waals surface area contributed by atoms with Crippen LogP contribution in [0.2, 0.25) is 0 Å². The molecule has 0 saturated heterocycles. The minimum absolute atomic E-state index is 0. The van der Waals surface area contributed by atoms with E-state index in [9.17, 15) is 9.90 Å². The quantitative estimate of drug-likeness (QED) is 0.670. The van der Waals surface area contributed by atoms with Gasteiger partial charge >= 0.3 is 6.03 Å². The minimum Gasteiger partial charge on any atom is -0.390 e. The molecule has 126 valence electrons. The van der Waals surface area contributed by atoms with Crippen LogP contribution >= 0.6 is 12.4 Å². The summed E-state index contributed by atoms with van der Waals surface area (Å²) in [5.41, 5.74) is 11.5. The highest BCUT2D eigenvalue weighted by atomic mass is 35.5. The first-order chi connectivity index (χ1) is 9.40. The van der Waals surface area contributed by atoms with Crippen molar-refractivity contribution in [2.24, 2.45) is 23.3 Å². The molecule has 1 aliphatic rings. The van der Waals surface area contributed by atoms with E-state index in [0.29, 0.717) is 18.4 Å². The summed E-state index contributed by atoms with van der Waals surface area (Å²) in [6, 6.07) is -0.755. The minimum atomic E-state index is -0.692. The number of urea groups is 1. The van der Waals surface area contributed by atoms with Crippen LogP contribution in [0.3, 0.4) is 0 Å². The maximum absolute atomic E-state index is 11.4. The zero-order chi connectivity index (χ0) is 15.1. The molecule has 0 radical (unpaired) electrons. The molecule has 1 fully saturated rings. The lowest BCUT2D eigenvalue weighted by Gasteiger charge is -2.30. The monoisotopic (exact) mass is 321 g/mol. The number of aliphatic hydroxyl groups is 1. The van der Waals surface area contributed by atoms with Crippen molar-refractivity contribution in [1.29, 1.82) is 0 Å². The largest absolute Gasteiger partial charge is 0.390 e. The van der Waals surface area contributed by atoms with Crippen molar-refractivity contribution in [3.8, 4) is 0 Å². The molecule has 0 aromatic rings. The maximum Gasteiger partial charge on any atom is 0.314 e. The summed E-state index contributed by atoms with van der Waals surface area (Å²) >= 11 is 0. The van der Waals surface area contributed by atoms with Gasteiger partial charge in [0.1, 0.15) is 0 Å². The average Bonchev–Trinajstić information content (AvgIpc) is 2.38. The number of carbonyl (C=O) groups is 1. The molecule has 2 atom stereocenters. The van der Waals surface area contributed by atoms with Crippen molar-refractivity contribution in [3.63, 3.8) is 0 Å². The molecular weight excluding hydrogens is 290 g/mol. The number of aliphatic hydroxyl groups excluding tert-OH is 1. The maximum atomic E-state index is 11.4. The molecule has 5 N–H and O–H groups in total. The third-order valence-electron chi connectivity index (χ3n) is 4.13. The third kappa shape index (κ3) is 7.88. The summed E-state index contributed by atoms with van der Waals surface area (Å²) in [6.45, 7) is 4.83. The van der Waals surface area contributed by atoms with E-state index in [1.807, 2.05) is 13.8 Å². The number of carbonyl (C=O) groups excluding carboxylic acids is 1. The number of rotatable bonds is 7. The summed E-state index contributed by atoms with van der Waals surface area (Å²) in [6.07, 6.45) is 6.44. The van der Waals surface area contributed by atoms with Gasteiger partial charge in [0.2, 0.25) is 0 Å². The van der Waals surface area contributed by atoms with Crippen LogP contribution in [-0.4, -0.2) is 41.3 Å². The number of nitrogens with zero attached hydrogens (tertiary/aromatic N) is 1. The van der Waals surface area contributed by atoms with Crippen LogP contribution < -0.4 is 11.5 Å². The SMILES string of the molecule is CC(C)CN(C[C@@H](O)[C@@H](N)CC1CCCCC1)C(N)=O.Cl. The Balaban J connectivity index is 0.00000400. The summed E-state index contributed by atoms with van der Waals surface area (Å²) in [5.74, 6) is 0.949. The molecule has 1 aliphatic carbocycles. The Morgan fingerprint density at radius 1 is 1.24 bits per heavy atom. The van der Waals surface area contributed by atoms with Gasteiger partial charge in [-0.3, -0.25) is 0 Å². The highest BCUT2D eigenvalue weighted by Gasteiger charge is 2.24. The van der Waals surface area contributed by atoms with Crippen LogP contribution in [0.4, 0.5) is 4.79 Å². The van der Waals surface area contributed by atoms with Crippen molar-refractivity contribution < 1.29 is 9.90 Å². The molecule has 1 rings (SSSR count). The lowest BCUT2D eigenvalue weighted by atomic mass is 9.84. The predicted molar refractivity (Wildman–Crippen MR) is 88.4 cm³/mol. The molecule has 5 nitrogen and oxygen atoms in total. The van der Waals surface area contributed by atoms with Crippen LogP contribution in [0, 0.1) is 11.8 Å². The fraction of sp³-hybridized carbons (Fsp3) is 0.933. The number of hydrogen-bond acceptors (Lipinski definition) is 3. The second kappa shape index (κ2) is 10.2. The van der Waals surface area contributed by atoms with E-state index in [2.05, 4.69) is 0 Å². The number of amides is 2. The van der Waals surface area contributed by atoms with Crippen LogP contribution in [0.5, 0.6) is 0 Å². The standard InChI is InChI=1S/C15H31N3O2.ClH/c1-11(2)9-18(15(17)20)10-14(19)13(16)8-12-6-4-3-5-7-12;/h11-14,19H,3-10,16H2,1-2H3,(H2,17,20);1H/t13-,14+;/m0./s1. The van der Waals surface area contributed by atoms with Gasteiger partial charge in [-0.05, 0) is 18.3 Å². The second-order valence-electron chi connectivity index (χ2n) is 6.61. The van der Waals surface area contributed by atoms with Gasteiger partial charge < -0.3 is 21.5 Å². The van der Waals surface area contributed by atoms with Crippen molar-refractivity contribution in [2.45, 2.75) is 64.5 Å². The van der Waals surface area contributed by atoms with E-state index in [1.54, 1.807) is 0 Å². The van der Waals surface area contributed by atoms with Gasteiger partial charge in [0.05, 0.1) is 6.10 Å². The summed E-state index contributed by atoms with van der Waals surface area (Å²) < 4.78 is 0. The van der Waals surface area contributed by atoms with E-state index < -0.39 is 12.1 Å². The molecule has 21 heavy (non-hydrogen) atoms. The fourth-order valence-electron chi connectivity index (χ4n) is 3.02. The molecule has 2 amide bonds. The number of nitrogens with two attached hydrogens (primary N) is 2. The Kier molecular flexibility index (Phi) is 9.99. The van der Waals surface area contributed by atoms with Crippen molar-refractivity contribution in [2.75, 3.05) is 13.1 Å². The van der Waals surface area contributed by atoms with E-state index in [1.165, 1.54) is 37.0 Å². The number of primary amides is 1. The van der Waals surface area contributed by atoms with Crippen LogP contribution in [0.25, 0.3) is 0 Å². The highest BCUT2D eigenvalue weighted by Crippen LogP contribution is 2.27. The van der Waals surface area contributed by atoms with Crippen molar-refractivity contribution >= 4 is 18.4 Å². The number of halogens is 1. The topological polar surface area (TPSA) is 92.6 Å². The molecule has 0 aliphatic heterocycles. The van der Waals surface area contributed by atoms with Gasteiger partial charge in [0.25, 0.3) is 0 Å². The summed E-state index contributed by atoms with van der Waals surface area (Å²) in [5, 5.41) is 10.2. The van der Waals surface area contributed by atoms with Crippen LogP contribution in [0.1, 0.15) is 52.4 Å². The van der Waals surface area contributed by atoms with E-state index in [-0.39, 0.29) is 25.0 Å². The Labute approximate surface area is 134 Å². The normalized spacial score (nSPS) is 18.9. The summed E-state index contributed by atoms with van der Waals surface area (Å²) in [4.78, 5) is 12.9. The van der Waals surface area contributed by atoms with Gasteiger partial charge in [0, 0.05) is 19.1 Å². The van der Waals surface area contributed by atoms with Crippen molar-refractivity contribution in [3.05, 3.63) is 0 Å². The smallest absolute Gasteiger partial charge is 0.314 e. The number of hydrogen-bond donors (Lipinski definition) is 3. The molecule has 0 bridgehead atoms. The van der Waals surface area contributed by atoms with Gasteiger partial charge in [-0.2, -0.15) is 0 Å². The van der Waals surface area contributed by atoms with Crippen LogP contribution in [-0.2, 0) is 0 Å². The molecule has 1 saturated carbocycles. The second-order valence-corrected chi connectivity index (χ2v) is 6.61. The first-order valence-electron chi connectivity index (χ1n) is 7.88. The van der Waals surface area contributed by atoms with Gasteiger partial charge in [-0.1, -0.05) is 46.0 Å². The highest BCUT2D eigenvalue weighted by molar-refractivity contribution is 5.85. The molecule has 0 unspecified atom stereocenters. The van der Waals surface area contributed by atoms with Gasteiger partial charge in [-0.15, -0.1) is 12.4 Å². The van der Waals surface area contributed by atoms with E-state index >= 15 is 0 Å². The molecular formula is C15H32ClN3O2. The Morgan fingerprint density at radius 3 is 2.29 bits per heavy atom. The molecule has 0 aromatic heterocycles. The molecule has 0 spiro atoms. The van der Waals surface area contributed by atoms with E-state index in [0.717, 1.165) is 6.42 Å². The molecule has 6 heteroatoms. The molecule has 0 heterocycles. The predicted octanol–water partition coefficient (Wildman–Crippen LogP) is 2.10. The third-order valence-corrected chi connectivity index (χ3v) is 4.13. The zero-order valence-electron chi connectivity index (χ0n) is 13.3. The molecule has 0 aromatic carbocycles. The Bertz CT molecular complexity index is 297. The van der Waals surface area contributed by atoms with E-state index in [4.69, 9.17) is 11.5 Å². The van der Waals surface area contributed by atoms with Gasteiger partial charge in [0.15, 0.2) is 0 Å². The fourth-order valence-corrected chi connectivity index (χ4v) is 3.02. The Hall–Kier alpha value is -0.520. The average molecular weight is 322 g/mol. The lowest BCUT2D eigenvalue weighted by molar-refractivity contribution is 0.0879. The van der Waals surface area contributed by atoms with Crippen LogP contribution in [0.15, 0.2) is 0 Å². The lowest BCUT2D eigenvalue weighted by Crippen LogP contribution is -2.48. The summed E-state index contributed by atoms with van der Waals surface area (Å²) in [7, 11) is 0. The first kappa shape index (κ1) is 20.5. The van der Waals surface area contributed by atoms with Crippen molar-refractivity contribution in [1.82, 2.24) is 4.90 Å². The van der Waals surface area contributed by atoms with Gasteiger partial charge in [-0.25, -0.2) is 4.79 Å². The Morgan fingerprint density at radius 2 is 1.81 bits per heavy atom. The first-order valence-corrected chi connectivity index (χ1v) is 7.88.